The first-order valence-electron chi connectivity index (χ1n) is 11.8. The number of likely N-dealkylation sites (tertiary alicyclic amines) is 1. The zero-order valence-corrected chi connectivity index (χ0v) is 20.1. The Bertz CT molecular complexity index is 881. The Labute approximate surface area is 192 Å². The van der Waals surface area contributed by atoms with Gasteiger partial charge in [0.05, 0.1) is 5.69 Å². The van der Waals surface area contributed by atoms with E-state index in [1.807, 2.05) is 44.2 Å². The largest absolute Gasteiger partial charge is 0.336 e. The van der Waals surface area contributed by atoms with Gasteiger partial charge in [0.15, 0.2) is 0 Å². The summed E-state index contributed by atoms with van der Waals surface area (Å²) in [4.78, 5) is 19.9. The highest BCUT2D eigenvalue weighted by Crippen LogP contribution is 2.21. The zero-order chi connectivity index (χ0) is 23.1. The Hall–Kier alpha value is -2.25. The predicted octanol–water partition coefficient (Wildman–Crippen LogP) is 3.43. The van der Waals surface area contributed by atoms with Crippen LogP contribution in [0.3, 0.4) is 0 Å². The van der Waals surface area contributed by atoms with Gasteiger partial charge in [-0.2, -0.15) is 5.10 Å². The quantitative estimate of drug-likeness (QED) is 0.564. The van der Waals surface area contributed by atoms with Gasteiger partial charge in [-0.15, -0.1) is 0 Å². The third-order valence-corrected chi connectivity index (χ3v) is 6.19. The molecule has 1 aliphatic rings. The first kappa shape index (κ1) is 24.4. The third-order valence-electron chi connectivity index (χ3n) is 6.19. The summed E-state index contributed by atoms with van der Waals surface area (Å²) in [6.07, 6.45) is 4.05. The predicted molar refractivity (Wildman–Crippen MR) is 126 cm³/mol. The summed E-state index contributed by atoms with van der Waals surface area (Å²) in [7, 11) is 5.92. The summed E-state index contributed by atoms with van der Waals surface area (Å²) < 4.78 is 15.8. The molecule has 6 nitrogen and oxygen atoms in total. The lowest BCUT2D eigenvalue weighted by Gasteiger charge is -2.36. The van der Waals surface area contributed by atoms with Gasteiger partial charge in [-0.05, 0) is 58.0 Å². The Kier molecular flexibility index (Phi) is 8.82. The fourth-order valence-electron chi connectivity index (χ4n) is 4.49. The molecule has 1 fully saturated rings. The van der Waals surface area contributed by atoms with Crippen molar-refractivity contribution in [3.05, 3.63) is 53.1 Å². The molecule has 0 spiro atoms. The lowest BCUT2D eigenvalue weighted by Crippen LogP contribution is -2.45. The van der Waals surface area contributed by atoms with E-state index in [0.717, 1.165) is 63.1 Å². The highest BCUT2D eigenvalue weighted by molar-refractivity contribution is 5.92. The molecule has 1 aliphatic heterocycles. The van der Waals surface area contributed by atoms with Gasteiger partial charge in [0.2, 0.25) is 0 Å². The minimum absolute atomic E-state index is 0.0513. The molecule has 1 unspecified atom stereocenters. The van der Waals surface area contributed by atoms with Crippen LogP contribution in [-0.4, -0.2) is 77.2 Å². The molecule has 1 saturated heterocycles. The first-order valence-corrected chi connectivity index (χ1v) is 11.8. The van der Waals surface area contributed by atoms with Crippen molar-refractivity contribution >= 4 is 5.91 Å². The van der Waals surface area contributed by atoms with E-state index < -0.39 is 0 Å². The van der Waals surface area contributed by atoms with Crippen LogP contribution in [0.5, 0.6) is 0 Å². The van der Waals surface area contributed by atoms with Crippen molar-refractivity contribution in [3.8, 4) is 0 Å². The van der Waals surface area contributed by atoms with Crippen molar-refractivity contribution in [2.45, 2.75) is 39.2 Å². The Morgan fingerprint density at radius 2 is 2.03 bits per heavy atom. The molecule has 1 atom stereocenters. The van der Waals surface area contributed by atoms with Crippen molar-refractivity contribution in [2.24, 2.45) is 13.0 Å². The van der Waals surface area contributed by atoms with Gasteiger partial charge in [-0.1, -0.05) is 31.5 Å². The summed E-state index contributed by atoms with van der Waals surface area (Å²) in [5.41, 5.74) is 2.37. The number of nitrogens with zero attached hydrogens (tertiary/aromatic N) is 5. The molecular weight excluding hydrogens is 405 g/mol. The number of hydrogen-bond acceptors (Lipinski definition) is 4. The molecule has 32 heavy (non-hydrogen) atoms. The number of piperidine rings is 1. The number of amides is 1. The van der Waals surface area contributed by atoms with Crippen molar-refractivity contribution in [1.82, 2.24) is 24.5 Å². The number of rotatable bonds is 10. The van der Waals surface area contributed by atoms with E-state index in [9.17, 15) is 9.18 Å². The third kappa shape index (κ3) is 6.62. The van der Waals surface area contributed by atoms with E-state index in [4.69, 9.17) is 0 Å². The number of aryl methyl sites for hydroxylation is 2. The van der Waals surface area contributed by atoms with Gasteiger partial charge >= 0.3 is 0 Å². The minimum atomic E-state index is -0.142. The summed E-state index contributed by atoms with van der Waals surface area (Å²) >= 11 is 0. The molecule has 0 N–H and O–H groups in total. The topological polar surface area (TPSA) is 44.6 Å². The van der Waals surface area contributed by atoms with Gasteiger partial charge in [0.1, 0.15) is 11.5 Å². The van der Waals surface area contributed by atoms with Crippen LogP contribution in [0.25, 0.3) is 0 Å². The maximum Gasteiger partial charge on any atom is 0.272 e. The average molecular weight is 444 g/mol. The number of halogens is 1. The highest BCUT2D eigenvalue weighted by atomic mass is 19.1. The fraction of sp³-hybridized carbons (Fsp3) is 0.600. The van der Waals surface area contributed by atoms with Crippen molar-refractivity contribution in [3.63, 3.8) is 0 Å². The van der Waals surface area contributed by atoms with Gasteiger partial charge in [-0.25, -0.2) is 4.39 Å². The fourth-order valence-corrected chi connectivity index (χ4v) is 4.49. The molecule has 3 rings (SSSR count). The molecule has 0 saturated carbocycles. The van der Waals surface area contributed by atoms with Crippen LogP contribution < -0.4 is 0 Å². The Balaban J connectivity index is 1.69. The normalized spacial score (nSPS) is 17.1. The number of benzene rings is 1. The summed E-state index contributed by atoms with van der Waals surface area (Å²) in [6, 6.07) is 8.96. The number of likely N-dealkylation sites (N-methyl/N-ethyl adjacent to an activating group) is 1. The van der Waals surface area contributed by atoms with Gasteiger partial charge < -0.3 is 9.80 Å². The van der Waals surface area contributed by atoms with E-state index >= 15 is 0 Å². The molecule has 0 bridgehead atoms. The molecular formula is C25H38FN5O. The van der Waals surface area contributed by atoms with Crippen LogP contribution in [0.15, 0.2) is 30.3 Å². The van der Waals surface area contributed by atoms with Gasteiger partial charge in [0.25, 0.3) is 5.91 Å². The van der Waals surface area contributed by atoms with E-state index in [2.05, 4.69) is 21.8 Å². The molecule has 7 heteroatoms. The van der Waals surface area contributed by atoms with Crippen molar-refractivity contribution in [1.29, 1.82) is 0 Å². The molecule has 1 aromatic carbocycles. The van der Waals surface area contributed by atoms with Crippen LogP contribution in [0.1, 0.15) is 47.9 Å². The maximum absolute atomic E-state index is 14.1. The van der Waals surface area contributed by atoms with Crippen molar-refractivity contribution in [2.75, 3.05) is 46.8 Å². The Morgan fingerprint density at radius 3 is 2.75 bits per heavy atom. The zero-order valence-electron chi connectivity index (χ0n) is 20.1. The number of hydrogen-bond donors (Lipinski definition) is 0. The molecule has 1 aromatic heterocycles. The SMILES string of the molecule is CCCc1cc(C(=O)N(CCN(C)C)CC2CCCN(Cc3ccccc3F)C2)n(C)n1. The first-order chi connectivity index (χ1) is 15.4. The molecule has 0 aliphatic carbocycles. The van der Waals surface area contributed by atoms with Gasteiger partial charge in [0, 0.05) is 45.3 Å². The highest BCUT2D eigenvalue weighted by Gasteiger charge is 2.27. The summed E-state index contributed by atoms with van der Waals surface area (Å²) in [6.45, 7) is 6.81. The van der Waals surface area contributed by atoms with E-state index in [1.54, 1.807) is 10.7 Å². The number of carbonyl (C=O) groups excluding carboxylic acids is 1. The minimum Gasteiger partial charge on any atom is -0.336 e. The van der Waals surface area contributed by atoms with Crippen LogP contribution in [0.4, 0.5) is 4.39 Å². The van der Waals surface area contributed by atoms with E-state index in [0.29, 0.717) is 24.7 Å². The lowest BCUT2D eigenvalue weighted by molar-refractivity contribution is 0.0649. The van der Waals surface area contributed by atoms with Crippen LogP contribution >= 0.6 is 0 Å². The Morgan fingerprint density at radius 1 is 1.25 bits per heavy atom. The van der Waals surface area contributed by atoms with Gasteiger partial charge in [-0.3, -0.25) is 14.4 Å². The second-order valence-corrected chi connectivity index (χ2v) is 9.28. The van der Waals surface area contributed by atoms with Crippen molar-refractivity contribution < 1.29 is 9.18 Å². The number of carbonyl (C=O) groups is 1. The maximum atomic E-state index is 14.1. The van der Waals surface area contributed by atoms with Crippen LogP contribution in [0, 0.1) is 11.7 Å². The average Bonchev–Trinajstić information content (AvgIpc) is 3.13. The standard InChI is InChI=1S/C25H38FN5O/c1-5-9-22-16-24(29(4)27-22)25(32)31(15-14-28(2)3)18-20-10-8-13-30(17-20)19-21-11-6-7-12-23(21)26/h6-7,11-12,16,20H,5,8-10,13-15,17-19H2,1-4H3. The van der Waals surface area contributed by atoms with E-state index in [-0.39, 0.29) is 11.7 Å². The van der Waals surface area contributed by atoms with E-state index in [1.165, 1.54) is 6.07 Å². The van der Waals surface area contributed by atoms with Crippen LogP contribution in [0.2, 0.25) is 0 Å². The molecule has 2 heterocycles. The second kappa shape index (κ2) is 11.6. The summed E-state index contributed by atoms with van der Waals surface area (Å²) in [5, 5.41) is 4.53. The molecule has 176 valence electrons. The molecule has 2 aromatic rings. The second-order valence-electron chi connectivity index (χ2n) is 9.28. The lowest BCUT2D eigenvalue weighted by atomic mass is 9.96. The smallest absolute Gasteiger partial charge is 0.272 e. The molecule has 0 radical (unpaired) electrons. The number of aromatic nitrogens is 2. The summed E-state index contributed by atoms with van der Waals surface area (Å²) in [5.74, 6) is 0.289. The molecule has 1 amide bonds. The van der Waals surface area contributed by atoms with Crippen LogP contribution in [-0.2, 0) is 20.0 Å². The monoisotopic (exact) mass is 443 g/mol.